The van der Waals surface area contributed by atoms with Crippen LogP contribution in [0, 0.1) is 0 Å². The summed E-state index contributed by atoms with van der Waals surface area (Å²) in [4.78, 5) is 12.3. The first-order chi connectivity index (χ1) is 10.6. The summed E-state index contributed by atoms with van der Waals surface area (Å²) in [7, 11) is 0. The van der Waals surface area contributed by atoms with Crippen LogP contribution >= 0.6 is 0 Å². The Kier molecular flexibility index (Phi) is 5.73. The van der Waals surface area contributed by atoms with Crippen LogP contribution in [0.1, 0.15) is 42.4 Å². The van der Waals surface area contributed by atoms with Gasteiger partial charge in [-0.2, -0.15) is 0 Å². The summed E-state index contributed by atoms with van der Waals surface area (Å²) in [6.45, 7) is 5.17. The summed E-state index contributed by atoms with van der Waals surface area (Å²) in [5, 5.41) is 2.98. The Morgan fingerprint density at radius 2 is 1.64 bits per heavy atom. The molecule has 0 fully saturated rings. The summed E-state index contributed by atoms with van der Waals surface area (Å²) in [6.07, 6.45) is 0. The van der Waals surface area contributed by atoms with Crippen LogP contribution in [0.3, 0.4) is 0 Å². The van der Waals surface area contributed by atoms with Crippen LogP contribution in [0.5, 0.6) is 0 Å². The van der Waals surface area contributed by atoms with Gasteiger partial charge >= 0.3 is 0 Å². The van der Waals surface area contributed by atoms with Gasteiger partial charge < -0.3 is 11.1 Å². The fourth-order valence-corrected chi connectivity index (χ4v) is 2.41. The van der Waals surface area contributed by atoms with Gasteiger partial charge in [0.2, 0.25) is 5.91 Å². The largest absolute Gasteiger partial charge is 0.351 e. The van der Waals surface area contributed by atoms with Crippen molar-refractivity contribution < 1.29 is 4.79 Å². The lowest BCUT2D eigenvalue weighted by Gasteiger charge is -2.15. The number of rotatable bonds is 6. The topological polar surface area (TPSA) is 55.1 Å². The van der Waals surface area contributed by atoms with Gasteiger partial charge in [0.25, 0.3) is 0 Å². The maximum Gasteiger partial charge on any atom is 0.229 e. The molecule has 0 spiro atoms. The van der Waals surface area contributed by atoms with Crippen molar-refractivity contribution in [2.45, 2.75) is 32.2 Å². The highest BCUT2D eigenvalue weighted by molar-refractivity contribution is 5.83. The van der Waals surface area contributed by atoms with E-state index in [-0.39, 0.29) is 11.8 Å². The lowest BCUT2D eigenvalue weighted by Crippen LogP contribution is -2.33. The highest BCUT2D eigenvalue weighted by atomic mass is 16.1. The zero-order chi connectivity index (χ0) is 15.9. The van der Waals surface area contributed by atoms with Crippen molar-refractivity contribution in [2.24, 2.45) is 5.73 Å². The fourth-order valence-electron chi connectivity index (χ4n) is 2.41. The highest BCUT2D eigenvalue weighted by Crippen LogP contribution is 2.16. The third-order valence-corrected chi connectivity index (χ3v) is 3.87. The van der Waals surface area contributed by atoms with Crippen LogP contribution in [0.15, 0.2) is 54.6 Å². The summed E-state index contributed by atoms with van der Waals surface area (Å²) in [5.41, 5.74) is 9.13. The van der Waals surface area contributed by atoms with Gasteiger partial charge in [-0.1, -0.05) is 68.4 Å². The standard InChI is InChI=1S/C19H24N2O/c1-14(2)16-10-8-15(9-11-16)13-21-19(22)18(12-20)17-6-4-3-5-7-17/h3-11,14,18H,12-13,20H2,1-2H3,(H,21,22). The van der Waals surface area contributed by atoms with E-state index in [0.717, 1.165) is 11.1 Å². The Morgan fingerprint density at radius 3 is 2.18 bits per heavy atom. The Labute approximate surface area is 132 Å². The van der Waals surface area contributed by atoms with E-state index in [2.05, 4.69) is 43.4 Å². The molecule has 3 N–H and O–H groups in total. The second kappa shape index (κ2) is 7.76. The third kappa shape index (κ3) is 4.18. The van der Waals surface area contributed by atoms with Gasteiger partial charge in [0.15, 0.2) is 0 Å². The van der Waals surface area contributed by atoms with Crippen molar-refractivity contribution in [1.29, 1.82) is 0 Å². The van der Waals surface area contributed by atoms with Gasteiger partial charge in [0.05, 0.1) is 5.92 Å². The van der Waals surface area contributed by atoms with Crippen LogP contribution in [0.2, 0.25) is 0 Å². The molecule has 0 aliphatic heterocycles. The number of nitrogens with two attached hydrogens (primary N) is 1. The molecule has 0 aliphatic carbocycles. The first-order valence-corrected chi connectivity index (χ1v) is 7.73. The predicted molar refractivity (Wildman–Crippen MR) is 90.6 cm³/mol. The minimum atomic E-state index is -0.295. The van der Waals surface area contributed by atoms with Crippen molar-refractivity contribution in [1.82, 2.24) is 5.32 Å². The first kappa shape index (κ1) is 16.2. The smallest absolute Gasteiger partial charge is 0.229 e. The van der Waals surface area contributed by atoms with Crippen LogP contribution < -0.4 is 11.1 Å². The lowest BCUT2D eigenvalue weighted by atomic mass is 9.98. The van der Waals surface area contributed by atoms with E-state index in [1.165, 1.54) is 5.56 Å². The van der Waals surface area contributed by atoms with E-state index in [1.807, 2.05) is 30.3 Å². The minimum Gasteiger partial charge on any atom is -0.351 e. The van der Waals surface area contributed by atoms with Crippen LogP contribution in [-0.4, -0.2) is 12.5 Å². The van der Waals surface area contributed by atoms with E-state index in [1.54, 1.807) is 0 Å². The van der Waals surface area contributed by atoms with Crippen molar-refractivity contribution >= 4 is 5.91 Å². The van der Waals surface area contributed by atoms with E-state index in [4.69, 9.17) is 5.73 Å². The van der Waals surface area contributed by atoms with Gasteiger partial charge in [0.1, 0.15) is 0 Å². The summed E-state index contributed by atoms with van der Waals surface area (Å²) in [6, 6.07) is 18.0. The second-order valence-corrected chi connectivity index (χ2v) is 5.81. The molecule has 3 nitrogen and oxygen atoms in total. The molecule has 0 bridgehead atoms. The number of hydrogen-bond donors (Lipinski definition) is 2. The molecule has 1 amide bonds. The maximum atomic E-state index is 12.3. The van der Waals surface area contributed by atoms with Gasteiger partial charge in [-0.05, 0) is 22.6 Å². The molecule has 0 radical (unpaired) electrons. The first-order valence-electron chi connectivity index (χ1n) is 7.73. The molecule has 2 aromatic rings. The van der Waals surface area contributed by atoms with E-state index in [0.29, 0.717) is 19.0 Å². The predicted octanol–water partition coefficient (Wildman–Crippen LogP) is 3.17. The van der Waals surface area contributed by atoms with Crippen molar-refractivity contribution in [2.75, 3.05) is 6.54 Å². The Morgan fingerprint density at radius 1 is 1.00 bits per heavy atom. The number of hydrogen-bond acceptors (Lipinski definition) is 2. The van der Waals surface area contributed by atoms with Crippen molar-refractivity contribution in [3.63, 3.8) is 0 Å². The van der Waals surface area contributed by atoms with Crippen LogP contribution in [0.4, 0.5) is 0 Å². The second-order valence-electron chi connectivity index (χ2n) is 5.81. The number of carbonyl (C=O) groups is 1. The Bertz CT molecular complexity index is 591. The molecular weight excluding hydrogens is 272 g/mol. The normalized spacial score (nSPS) is 12.2. The fraction of sp³-hybridized carbons (Fsp3) is 0.316. The molecule has 116 valence electrons. The zero-order valence-electron chi connectivity index (χ0n) is 13.3. The molecule has 1 atom stereocenters. The van der Waals surface area contributed by atoms with E-state index in [9.17, 15) is 4.79 Å². The maximum absolute atomic E-state index is 12.3. The number of benzene rings is 2. The van der Waals surface area contributed by atoms with Gasteiger partial charge in [-0.15, -0.1) is 0 Å². The molecule has 2 aromatic carbocycles. The average molecular weight is 296 g/mol. The molecule has 22 heavy (non-hydrogen) atoms. The van der Waals surface area contributed by atoms with E-state index < -0.39 is 0 Å². The number of amides is 1. The molecule has 0 aromatic heterocycles. The van der Waals surface area contributed by atoms with Gasteiger partial charge in [-0.3, -0.25) is 4.79 Å². The number of carbonyl (C=O) groups excluding carboxylic acids is 1. The third-order valence-electron chi connectivity index (χ3n) is 3.87. The summed E-state index contributed by atoms with van der Waals surface area (Å²) >= 11 is 0. The number of nitrogens with one attached hydrogen (secondary N) is 1. The Balaban J connectivity index is 1.96. The molecular formula is C19H24N2O. The van der Waals surface area contributed by atoms with Gasteiger partial charge in [0, 0.05) is 13.1 Å². The van der Waals surface area contributed by atoms with E-state index >= 15 is 0 Å². The quantitative estimate of drug-likeness (QED) is 0.860. The van der Waals surface area contributed by atoms with Crippen LogP contribution in [0.25, 0.3) is 0 Å². The molecule has 0 saturated carbocycles. The van der Waals surface area contributed by atoms with Crippen LogP contribution in [-0.2, 0) is 11.3 Å². The summed E-state index contributed by atoms with van der Waals surface area (Å²) in [5.74, 6) is 0.195. The molecule has 2 rings (SSSR count). The SMILES string of the molecule is CC(C)c1ccc(CNC(=O)C(CN)c2ccccc2)cc1. The summed E-state index contributed by atoms with van der Waals surface area (Å²) < 4.78 is 0. The molecule has 0 aliphatic rings. The van der Waals surface area contributed by atoms with Crippen molar-refractivity contribution in [3.8, 4) is 0 Å². The molecule has 3 heteroatoms. The average Bonchev–Trinajstić information content (AvgIpc) is 2.55. The Hall–Kier alpha value is -2.13. The van der Waals surface area contributed by atoms with Crippen molar-refractivity contribution in [3.05, 3.63) is 71.3 Å². The lowest BCUT2D eigenvalue weighted by molar-refractivity contribution is -0.122. The monoisotopic (exact) mass is 296 g/mol. The minimum absolute atomic E-state index is 0.0263. The molecule has 0 saturated heterocycles. The highest BCUT2D eigenvalue weighted by Gasteiger charge is 2.18. The molecule has 1 unspecified atom stereocenters. The molecule has 0 heterocycles. The van der Waals surface area contributed by atoms with Gasteiger partial charge in [-0.25, -0.2) is 0 Å². The zero-order valence-corrected chi connectivity index (χ0v) is 13.3.